The van der Waals surface area contributed by atoms with Gasteiger partial charge in [0.15, 0.2) is 11.4 Å². The Morgan fingerprint density at radius 2 is 1.86 bits per heavy atom. The van der Waals surface area contributed by atoms with E-state index in [-0.39, 0.29) is 16.6 Å². The van der Waals surface area contributed by atoms with Gasteiger partial charge in [0.2, 0.25) is 0 Å². The average Bonchev–Trinajstić information content (AvgIpc) is 3.60. The number of aromatic nitrogens is 4. The van der Waals surface area contributed by atoms with Crippen LogP contribution in [-0.4, -0.2) is 36.9 Å². The van der Waals surface area contributed by atoms with Gasteiger partial charge >= 0.3 is 0 Å². The summed E-state index contributed by atoms with van der Waals surface area (Å²) in [4.78, 5) is 30.4. The first-order chi connectivity index (χ1) is 16.9. The first-order valence-electron chi connectivity index (χ1n) is 12.9. The molecule has 35 heavy (non-hydrogen) atoms. The van der Waals surface area contributed by atoms with Crippen LogP contribution in [0, 0.1) is 12.3 Å². The smallest absolute Gasteiger partial charge is 0.275 e. The van der Waals surface area contributed by atoms with Crippen molar-refractivity contribution in [2.24, 2.45) is 5.41 Å². The van der Waals surface area contributed by atoms with Gasteiger partial charge in [-0.1, -0.05) is 32.6 Å². The topological polar surface area (TPSA) is 102 Å². The fourth-order valence-electron chi connectivity index (χ4n) is 6.28. The van der Waals surface area contributed by atoms with Crippen molar-refractivity contribution in [3.63, 3.8) is 0 Å². The van der Waals surface area contributed by atoms with Crippen LogP contribution in [0.3, 0.4) is 0 Å². The van der Waals surface area contributed by atoms with E-state index in [1.807, 2.05) is 6.07 Å². The van der Waals surface area contributed by atoms with Crippen molar-refractivity contribution in [1.29, 1.82) is 0 Å². The van der Waals surface area contributed by atoms with Crippen LogP contribution < -0.4 is 10.7 Å². The normalized spacial score (nSPS) is 18.8. The quantitative estimate of drug-likeness (QED) is 0.529. The second kappa shape index (κ2) is 9.13. The number of amides is 1. The number of rotatable bonds is 7. The predicted molar refractivity (Wildman–Crippen MR) is 135 cm³/mol. The molecular formula is C27H35N5O3. The van der Waals surface area contributed by atoms with Crippen molar-refractivity contribution in [2.75, 3.05) is 6.54 Å². The highest BCUT2D eigenvalue weighted by Crippen LogP contribution is 2.41. The number of nitrogens with zero attached hydrogens (tertiary/aromatic N) is 4. The molecule has 0 aliphatic heterocycles. The zero-order valence-corrected chi connectivity index (χ0v) is 20.7. The first-order valence-corrected chi connectivity index (χ1v) is 12.9. The van der Waals surface area contributed by atoms with Gasteiger partial charge in [-0.05, 0) is 62.1 Å². The van der Waals surface area contributed by atoms with Gasteiger partial charge in [0.25, 0.3) is 11.3 Å². The number of carbonyl (C=O) groups excluding carboxylic acids is 1. The molecule has 2 N–H and O–H groups in total. The van der Waals surface area contributed by atoms with Gasteiger partial charge in [-0.15, -0.1) is 0 Å². The van der Waals surface area contributed by atoms with E-state index in [0.717, 1.165) is 61.5 Å². The summed E-state index contributed by atoms with van der Waals surface area (Å²) in [6.07, 6.45) is 14.8. The summed E-state index contributed by atoms with van der Waals surface area (Å²) in [6.45, 7) is 5.21. The average molecular weight is 478 g/mol. The lowest BCUT2D eigenvalue weighted by atomic mass is 9.83. The molecule has 186 valence electrons. The molecule has 5 rings (SSSR count). The van der Waals surface area contributed by atoms with Crippen LogP contribution in [0.2, 0.25) is 0 Å². The first kappa shape index (κ1) is 23.6. The Kier molecular flexibility index (Phi) is 6.15. The lowest BCUT2D eigenvalue weighted by Gasteiger charge is -2.32. The van der Waals surface area contributed by atoms with Gasteiger partial charge < -0.3 is 15.0 Å². The number of aromatic hydroxyl groups is 1. The molecule has 3 aromatic rings. The number of nitrogens with one attached hydrogen (secondary N) is 1. The zero-order valence-electron chi connectivity index (χ0n) is 20.7. The summed E-state index contributed by atoms with van der Waals surface area (Å²) >= 11 is 0. The van der Waals surface area contributed by atoms with E-state index in [2.05, 4.69) is 46.1 Å². The fourth-order valence-corrected chi connectivity index (χ4v) is 6.28. The lowest BCUT2D eigenvalue weighted by molar-refractivity contribution is 0.0918. The Balaban J connectivity index is 1.46. The van der Waals surface area contributed by atoms with Crippen molar-refractivity contribution < 1.29 is 9.90 Å². The molecule has 0 atom stereocenters. The van der Waals surface area contributed by atoms with E-state index in [1.54, 1.807) is 10.9 Å². The van der Waals surface area contributed by atoms with Gasteiger partial charge in [0, 0.05) is 24.3 Å². The fraction of sp³-hybridized carbons (Fsp3) is 0.556. The number of pyridine rings is 1. The highest BCUT2D eigenvalue weighted by atomic mass is 16.3. The van der Waals surface area contributed by atoms with Gasteiger partial charge in [0.1, 0.15) is 5.65 Å². The van der Waals surface area contributed by atoms with E-state index in [4.69, 9.17) is 0 Å². The molecular weight excluding hydrogens is 442 g/mol. The molecule has 2 fully saturated rings. The molecule has 0 spiro atoms. The summed E-state index contributed by atoms with van der Waals surface area (Å²) in [5.41, 5.74) is 0.927. The third-order valence-corrected chi connectivity index (χ3v) is 8.46. The van der Waals surface area contributed by atoms with E-state index in [0.29, 0.717) is 13.1 Å². The van der Waals surface area contributed by atoms with Crippen molar-refractivity contribution in [3.05, 3.63) is 52.2 Å². The summed E-state index contributed by atoms with van der Waals surface area (Å²) in [7, 11) is 0. The maximum Gasteiger partial charge on any atom is 0.275 e. The number of aryl methyl sites for hydroxylation is 1. The maximum absolute atomic E-state index is 13.0. The molecule has 8 nitrogen and oxygen atoms in total. The third kappa shape index (κ3) is 4.23. The van der Waals surface area contributed by atoms with Crippen LogP contribution in [0.4, 0.5) is 0 Å². The third-order valence-electron chi connectivity index (χ3n) is 8.46. The highest BCUT2D eigenvalue weighted by molar-refractivity contribution is 5.92. The highest BCUT2D eigenvalue weighted by Gasteiger charge is 2.38. The Morgan fingerprint density at radius 3 is 2.57 bits per heavy atom. The van der Waals surface area contributed by atoms with Gasteiger partial charge in [-0.3, -0.25) is 14.3 Å². The van der Waals surface area contributed by atoms with E-state index in [1.165, 1.54) is 19.0 Å². The van der Waals surface area contributed by atoms with Crippen LogP contribution in [0.5, 0.6) is 5.75 Å². The van der Waals surface area contributed by atoms with E-state index in [9.17, 15) is 14.7 Å². The van der Waals surface area contributed by atoms with Crippen molar-refractivity contribution in [1.82, 2.24) is 24.6 Å². The number of hydrogen-bond acceptors (Lipinski definition) is 5. The molecule has 0 bridgehead atoms. The summed E-state index contributed by atoms with van der Waals surface area (Å²) in [5.74, 6) is -0.959. The monoisotopic (exact) mass is 477 g/mol. The van der Waals surface area contributed by atoms with E-state index >= 15 is 0 Å². The molecule has 0 saturated heterocycles. The van der Waals surface area contributed by atoms with Crippen molar-refractivity contribution in [3.8, 4) is 5.75 Å². The van der Waals surface area contributed by atoms with E-state index < -0.39 is 17.1 Å². The molecule has 0 unspecified atom stereocenters. The number of fused-ring (bicyclic) bond motifs is 1. The minimum atomic E-state index is -0.722. The van der Waals surface area contributed by atoms with Crippen LogP contribution in [-0.2, 0) is 12.1 Å². The molecule has 3 heterocycles. The number of hydrogen-bond donors (Lipinski definition) is 2. The van der Waals surface area contributed by atoms with Crippen LogP contribution >= 0.6 is 0 Å². The standard InChI is InChI=1S/C27H35N5O3/c1-3-26(10-4-5-11-26)17-29-25(35)22-23(34)21(33)16-31(30-22)18-27(12-6-7-13-27)32-15-19(2)20-9-8-14-28-24(20)32/h8-9,14-16,33H,3-7,10-13,17-18H2,1-2H3,(H,29,35). The lowest BCUT2D eigenvalue weighted by Crippen LogP contribution is -2.40. The summed E-state index contributed by atoms with van der Waals surface area (Å²) in [6, 6.07) is 4.03. The summed E-state index contributed by atoms with van der Waals surface area (Å²) < 4.78 is 3.82. The minimum Gasteiger partial charge on any atom is -0.503 e. The molecule has 2 aliphatic rings. The molecule has 0 radical (unpaired) electrons. The number of carbonyl (C=O) groups is 1. The second-order valence-corrected chi connectivity index (χ2v) is 10.6. The molecule has 3 aromatic heterocycles. The minimum absolute atomic E-state index is 0.0970. The SMILES string of the molecule is CCC1(CNC(=O)c2nn(CC3(n4cc(C)c5cccnc54)CCCC3)cc(O)c2=O)CCCC1. The van der Waals surface area contributed by atoms with Crippen LogP contribution in [0.15, 0.2) is 35.5 Å². The van der Waals surface area contributed by atoms with Crippen LogP contribution in [0.1, 0.15) is 80.8 Å². The van der Waals surface area contributed by atoms with Gasteiger partial charge in [0.05, 0.1) is 18.3 Å². The van der Waals surface area contributed by atoms with Gasteiger partial charge in [-0.25, -0.2) is 4.98 Å². The zero-order chi connectivity index (χ0) is 24.6. The van der Waals surface area contributed by atoms with Crippen molar-refractivity contribution >= 4 is 16.9 Å². The molecule has 2 aliphatic carbocycles. The largest absolute Gasteiger partial charge is 0.503 e. The molecule has 0 aromatic carbocycles. The van der Waals surface area contributed by atoms with Gasteiger partial charge in [-0.2, -0.15) is 5.10 Å². The predicted octanol–water partition coefficient (Wildman–Crippen LogP) is 4.28. The van der Waals surface area contributed by atoms with Crippen molar-refractivity contribution in [2.45, 2.75) is 83.7 Å². The molecule has 1 amide bonds. The Hall–Kier alpha value is -3.16. The van der Waals surface area contributed by atoms with Crippen LogP contribution in [0.25, 0.3) is 11.0 Å². The Bertz CT molecular complexity index is 1300. The summed E-state index contributed by atoms with van der Waals surface area (Å²) in [5, 5.41) is 19.0. The second-order valence-electron chi connectivity index (χ2n) is 10.6. The molecule has 8 heteroatoms. The molecule has 2 saturated carbocycles. The Labute approximate surface area is 205 Å². The maximum atomic E-state index is 13.0. The Morgan fingerprint density at radius 1 is 1.14 bits per heavy atom.